The largest absolute Gasteiger partial charge is 0.455 e. The van der Waals surface area contributed by atoms with Crippen LogP contribution in [0.4, 0.5) is 4.39 Å². The molecule has 0 aliphatic carbocycles. The van der Waals surface area contributed by atoms with Gasteiger partial charge >= 0.3 is 0 Å². The molecule has 0 radical (unpaired) electrons. The summed E-state index contributed by atoms with van der Waals surface area (Å²) in [5, 5.41) is 3.11. The van der Waals surface area contributed by atoms with Gasteiger partial charge in [0, 0.05) is 18.3 Å². The summed E-state index contributed by atoms with van der Waals surface area (Å²) in [6, 6.07) is 8.47. The number of nitrogens with zero attached hydrogens (tertiary/aromatic N) is 1. The van der Waals surface area contributed by atoms with Crippen molar-refractivity contribution < 1.29 is 9.13 Å². The number of nitrogens with one attached hydrogen (secondary N) is 1. The van der Waals surface area contributed by atoms with Crippen LogP contribution >= 0.6 is 0 Å². The molecule has 2 rings (SSSR count). The molecule has 1 aromatic carbocycles. The normalized spacial score (nSPS) is 10.5. The lowest BCUT2D eigenvalue weighted by atomic mass is 10.2. The topological polar surface area (TPSA) is 34.1 Å². The molecule has 4 heteroatoms. The number of benzene rings is 1. The first kappa shape index (κ1) is 13.5. The van der Waals surface area contributed by atoms with Crippen LogP contribution in [0.15, 0.2) is 36.5 Å². The van der Waals surface area contributed by atoms with Gasteiger partial charge in [-0.25, -0.2) is 4.39 Å². The maximum Gasteiger partial charge on any atom is 0.148 e. The third kappa shape index (κ3) is 3.29. The molecule has 0 unspecified atom stereocenters. The fourth-order valence-electron chi connectivity index (χ4n) is 1.75. The van der Waals surface area contributed by atoms with Crippen LogP contribution in [0.1, 0.15) is 18.2 Å². The molecule has 0 saturated heterocycles. The second kappa shape index (κ2) is 6.29. The summed E-state index contributed by atoms with van der Waals surface area (Å²) in [5.74, 6) is 0.905. The van der Waals surface area contributed by atoms with Crippen molar-refractivity contribution in [2.45, 2.75) is 20.4 Å². The number of pyridine rings is 1. The third-order valence-corrected chi connectivity index (χ3v) is 2.81. The molecule has 0 fully saturated rings. The Morgan fingerprint density at radius 2 is 2.00 bits per heavy atom. The highest BCUT2D eigenvalue weighted by Crippen LogP contribution is 2.28. The first-order valence-corrected chi connectivity index (χ1v) is 6.30. The molecule has 0 aliphatic heterocycles. The molecule has 1 heterocycles. The van der Waals surface area contributed by atoms with Crippen LogP contribution in [-0.4, -0.2) is 11.5 Å². The van der Waals surface area contributed by atoms with E-state index in [1.165, 1.54) is 6.07 Å². The molecule has 3 nitrogen and oxygen atoms in total. The summed E-state index contributed by atoms with van der Waals surface area (Å²) in [6.45, 7) is 5.06. The maximum atomic E-state index is 13.8. The van der Waals surface area contributed by atoms with Gasteiger partial charge in [0.05, 0.1) is 5.69 Å². The van der Waals surface area contributed by atoms with Crippen molar-refractivity contribution in [3.8, 4) is 11.5 Å². The number of hydrogen-bond acceptors (Lipinski definition) is 3. The zero-order valence-corrected chi connectivity index (χ0v) is 11.1. The Hall–Kier alpha value is -1.94. The Bertz CT molecular complexity index is 558. The molecule has 1 aromatic heterocycles. The van der Waals surface area contributed by atoms with Crippen molar-refractivity contribution in [3.63, 3.8) is 0 Å². The zero-order chi connectivity index (χ0) is 13.7. The molecule has 0 spiro atoms. The van der Waals surface area contributed by atoms with E-state index in [1.807, 2.05) is 19.9 Å². The standard InChI is InChI=1S/C15H17FN2O/c1-3-17-10-12-13(16)6-4-7-15(12)19-14-8-5-9-18-11(14)2/h4-9,17H,3,10H2,1-2H3. The molecule has 0 atom stereocenters. The van der Waals surface area contributed by atoms with Crippen LogP contribution in [0.2, 0.25) is 0 Å². The van der Waals surface area contributed by atoms with Crippen LogP contribution in [0.3, 0.4) is 0 Å². The van der Waals surface area contributed by atoms with E-state index in [9.17, 15) is 4.39 Å². The van der Waals surface area contributed by atoms with Crippen LogP contribution in [-0.2, 0) is 6.54 Å². The number of ether oxygens (including phenoxy) is 1. The van der Waals surface area contributed by atoms with E-state index in [-0.39, 0.29) is 5.82 Å². The number of aromatic nitrogens is 1. The average Bonchev–Trinajstić information content (AvgIpc) is 2.41. The van der Waals surface area contributed by atoms with Crippen molar-refractivity contribution >= 4 is 0 Å². The fourth-order valence-corrected chi connectivity index (χ4v) is 1.75. The van der Waals surface area contributed by atoms with E-state index in [2.05, 4.69) is 10.3 Å². The first-order valence-electron chi connectivity index (χ1n) is 6.30. The Labute approximate surface area is 112 Å². The van der Waals surface area contributed by atoms with Crippen molar-refractivity contribution in [1.82, 2.24) is 10.3 Å². The summed E-state index contributed by atoms with van der Waals surface area (Å²) >= 11 is 0. The van der Waals surface area contributed by atoms with Gasteiger partial charge in [-0.1, -0.05) is 13.0 Å². The lowest BCUT2D eigenvalue weighted by Crippen LogP contribution is -2.13. The van der Waals surface area contributed by atoms with Gasteiger partial charge in [-0.05, 0) is 37.7 Å². The Morgan fingerprint density at radius 3 is 2.74 bits per heavy atom. The molecule has 0 amide bonds. The van der Waals surface area contributed by atoms with Crippen molar-refractivity contribution in [3.05, 3.63) is 53.6 Å². The highest BCUT2D eigenvalue weighted by Gasteiger charge is 2.11. The summed E-state index contributed by atoms with van der Waals surface area (Å²) in [6.07, 6.45) is 1.70. The molecule has 0 aliphatic rings. The monoisotopic (exact) mass is 260 g/mol. The summed E-state index contributed by atoms with van der Waals surface area (Å²) in [4.78, 5) is 4.16. The second-order valence-electron chi connectivity index (χ2n) is 4.19. The first-order chi connectivity index (χ1) is 9.22. The molecule has 1 N–H and O–H groups in total. The molecular formula is C15H17FN2O. The van der Waals surface area contributed by atoms with Gasteiger partial charge in [0.2, 0.25) is 0 Å². The maximum absolute atomic E-state index is 13.8. The van der Waals surface area contributed by atoms with Crippen molar-refractivity contribution in [2.75, 3.05) is 6.54 Å². The highest BCUT2D eigenvalue weighted by molar-refractivity contribution is 5.39. The van der Waals surface area contributed by atoms with E-state index < -0.39 is 0 Å². The fraction of sp³-hybridized carbons (Fsp3) is 0.267. The molecule has 2 aromatic rings. The zero-order valence-electron chi connectivity index (χ0n) is 11.1. The van der Waals surface area contributed by atoms with E-state index in [1.54, 1.807) is 24.4 Å². The van der Waals surface area contributed by atoms with Crippen LogP contribution in [0, 0.1) is 12.7 Å². The SMILES string of the molecule is CCNCc1c(F)cccc1Oc1cccnc1C. The highest BCUT2D eigenvalue weighted by atomic mass is 19.1. The minimum atomic E-state index is -0.264. The predicted molar refractivity (Wildman–Crippen MR) is 72.8 cm³/mol. The van der Waals surface area contributed by atoms with E-state index in [0.29, 0.717) is 23.6 Å². The van der Waals surface area contributed by atoms with Gasteiger partial charge in [0.15, 0.2) is 0 Å². The van der Waals surface area contributed by atoms with E-state index in [0.717, 1.165) is 12.2 Å². The molecule has 100 valence electrons. The molecular weight excluding hydrogens is 243 g/mol. The quantitative estimate of drug-likeness (QED) is 0.894. The average molecular weight is 260 g/mol. The Kier molecular flexibility index (Phi) is 4.47. The van der Waals surface area contributed by atoms with Gasteiger partial charge in [-0.3, -0.25) is 4.98 Å². The third-order valence-electron chi connectivity index (χ3n) is 2.81. The lowest BCUT2D eigenvalue weighted by molar-refractivity contribution is 0.457. The Morgan fingerprint density at radius 1 is 1.21 bits per heavy atom. The van der Waals surface area contributed by atoms with Gasteiger partial charge in [-0.2, -0.15) is 0 Å². The Balaban J connectivity index is 2.29. The van der Waals surface area contributed by atoms with Crippen LogP contribution < -0.4 is 10.1 Å². The van der Waals surface area contributed by atoms with Gasteiger partial charge in [-0.15, -0.1) is 0 Å². The number of aryl methyl sites for hydroxylation is 1. The van der Waals surface area contributed by atoms with Crippen LogP contribution in [0.25, 0.3) is 0 Å². The summed E-state index contributed by atoms with van der Waals surface area (Å²) in [7, 11) is 0. The molecule has 19 heavy (non-hydrogen) atoms. The summed E-state index contributed by atoms with van der Waals surface area (Å²) in [5.41, 5.74) is 1.31. The van der Waals surface area contributed by atoms with Gasteiger partial charge in [0.1, 0.15) is 17.3 Å². The van der Waals surface area contributed by atoms with E-state index in [4.69, 9.17) is 4.74 Å². The van der Waals surface area contributed by atoms with E-state index >= 15 is 0 Å². The molecule has 0 saturated carbocycles. The number of rotatable bonds is 5. The number of halogens is 1. The van der Waals surface area contributed by atoms with Crippen molar-refractivity contribution in [1.29, 1.82) is 0 Å². The molecule has 0 bridgehead atoms. The minimum absolute atomic E-state index is 0.264. The minimum Gasteiger partial charge on any atom is -0.455 e. The lowest BCUT2D eigenvalue weighted by Gasteiger charge is -2.13. The van der Waals surface area contributed by atoms with Crippen molar-refractivity contribution in [2.24, 2.45) is 0 Å². The van der Waals surface area contributed by atoms with Crippen LogP contribution in [0.5, 0.6) is 11.5 Å². The smallest absolute Gasteiger partial charge is 0.148 e. The van der Waals surface area contributed by atoms with Gasteiger partial charge < -0.3 is 10.1 Å². The van der Waals surface area contributed by atoms with Gasteiger partial charge in [0.25, 0.3) is 0 Å². The predicted octanol–water partition coefficient (Wildman–Crippen LogP) is 3.43. The number of hydrogen-bond donors (Lipinski definition) is 1. The summed E-state index contributed by atoms with van der Waals surface area (Å²) < 4.78 is 19.6. The second-order valence-corrected chi connectivity index (χ2v) is 4.19.